The zero-order valence-corrected chi connectivity index (χ0v) is 14.4. The number of benzene rings is 1. The molecule has 3 N–H and O–H groups in total. The minimum absolute atomic E-state index is 0.0580. The molecule has 3 rings (SSSR count). The van der Waals surface area contributed by atoms with Crippen LogP contribution in [0.2, 0.25) is 0 Å². The Balaban J connectivity index is 1.81. The highest BCUT2D eigenvalue weighted by Crippen LogP contribution is 2.23. The minimum Gasteiger partial charge on any atom is -0.513 e. The maximum absolute atomic E-state index is 13.7. The summed E-state index contributed by atoms with van der Waals surface area (Å²) in [4.78, 5) is 12.7. The number of hydrogen-bond acceptors (Lipinski definition) is 4. The number of carbonyl (C=O) groups is 1. The van der Waals surface area contributed by atoms with E-state index in [9.17, 15) is 14.3 Å². The third-order valence-electron chi connectivity index (χ3n) is 4.41. The maximum atomic E-state index is 13.7. The number of fused-ring (bicyclic) bond motifs is 1. The number of nitrogens with one attached hydrogen (secondary N) is 2. The van der Waals surface area contributed by atoms with Crippen molar-refractivity contribution in [3.63, 3.8) is 0 Å². The number of aliphatic hydroxyl groups excluding tert-OH is 1. The van der Waals surface area contributed by atoms with Gasteiger partial charge in [0, 0.05) is 36.5 Å². The first-order chi connectivity index (χ1) is 11.8. The summed E-state index contributed by atoms with van der Waals surface area (Å²) in [7, 11) is 0. The normalized spacial score (nSPS) is 20.3. The van der Waals surface area contributed by atoms with Crippen molar-refractivity contribution in [3.05, 3.63) is 42.0 Å². The van der Waals surface area contributed by atoms with Gasteiger partial charge in [-0.15, -0.1) is 0 Å². The van der Waals surface area contributed by atoms with Crippen LogP contribution in [0.4, 0.5) is 4.39 Å². The Morgan fingerprint density at radius 3 is 3.00 bits per heavy atom. The van der Waals surface area contributed by atoms with Crippen LogP contribution in [0.25, 0.3) is 10.9 Å². The van der Waals surface area contributed by atoms with Crippen molar-refractivity contribution in [2.24, 2.45) is 0 Å². The molecule has 0 unspecified atom stereocenters. The van der Waals surface area contributed by atoms with Crippen molar-refractivity contribution in [2.75, 3.05) is 6.54 Å². The molecule has 1 aromatic heterocycles. The Hall–Kier alpha value is -2.41. The van der Waals surface area contributed by atoms with Crippen molar-refractivity contribution in [1.29, 1.82) is 0 Å². The zero-order chi connectivity index (χ0) is 18.1. The zero-order valence-electron chi connectivity index (χ0n) is 14.4. The van der Waals surface area contributed by atoms with Crippen molar-refractivity contribution in [3.8, 4) is 0 Å². The Morgan fingerprint density at radius 1 is 1.56 bits per heavy atom. The van der Waals surface area contributed by atoms with Crippen molar-refractivity contribution >= 4 is 16.8 Å². The number of carbonyl (C=O) groups excluding carboxylic acids is 1. The fourth-order valence-electron chi connectivity index (χ4n) is 3.30. The maximum Gasteiger partial charge on any atom is 0.272 e. The van der Waals surface area contributed by atoms with E-state index in [0.29, 0.717) is 24.8 Å². The van der Waals surface area contributed by atoms with E-state index in [1.165, 1.54) is 12.1 Å². The molecule has 0 bridgehead atoms. The van der Waals surface area contributed by atoms with Crippen LogP contribution in [0.5, 0.6) is 0 Å². The molecule has 134 valence electrons. The predicted molar refractivity (Wildman–Crippen MR) is 94.1 cm³/mol. The topological polar surface area (TPSA) is 79.2 Å². The van der Waals surface area contributed by atoms with Crippen LogP contribution < -0.4 is 10.6 Å². The SMILES string of the molecule is C=C(O)C[C@@H]1C[C@H](NC(=O)c2nn(C(C)C)c3ccc(F)cc23)CN1. The Morgan fingerprint density at radius 2 is 2.32 bits per heavy atom. The van der Waals surface area contributed by atoms with Crippen molar-refractivity contribution in [2.45, 2.75) is 44.8 Å². The van der Waals surface area contributed by atoms with E-state index in [2.05, 4.69) is 22.3 Å². The van der Waals surface area contributed by atoms with Gasteiger partial charge in [-0.05, 0) is 38.5 Å². The van der Waals surface area contributed by atoms with Gasteiger partial charge in [0.1, 0.15) is 5.82 Å². The summed E-state index contributed by atoms with van der Waals surface area (Å²) in [5.41, 5.74) is 0.971. The number of aromatic nitrogens is 2. The molecular weight excluding hydrogens is 323 g/mol. The van der Waals surface area contributed by atoms with Crippen LogP contribution in [0.1, 0.15) is 43.2 Å². The largest absolute Gasteiger partial charge is 0.513 e. The molecule has 1 aliphatic rings. The van der Waals surface area contributed by atoms with Crippen LogP contribution in [-0.2, 0) is 0 Å². The quantitative estimate of drug-likeness (QED) is 0.727. The molecule has 0 spiro atoms. The van der Waals surface area contributed by atoms with E-state index in [1.54, 1.807) is 10.7 Å². The lowest BCUT2D eigenvalue weighted by Crippen LogP contribution is -2.36. The highest BCUT2D eigenvalue weighted by atomic mass is 19.1. The molecule has 1 fully saturated rings. The smallest absolute Gasteiger partial charge is 0.272 e. The molecule has 6 nitrogen and oxygen atoms in total. The Labute approximate surface area is 145 Å². The number of aliphatic hydroxyl groups is 1. The van der Waals surface area contributed by atoms with Gasteiger partial charge in [0.05, 0.1) is 11.3 Å². The van der Waals surface area contributed by atoms with Crippen LogP contribution in [-0.4, -0.2) is 39.4 Å². The molecule has 7 heteroatoms. The van der Waals surface area contributed by atoms with Crippen molar-refractivity contribution in [1.82, 2.24) is 20.4 Å². The van der Waals surface area contributed by atoms with E-state index in [4.69, 9.17) is 0 Å². The van der Waals surface area contributed by atoms with E-state index in [-0.39, 0.29) is 35.5 Å². The Kier molecular flexibility index (Phi) is 4.76. The second kappa shape index (κ2) is 6.84. The number of rotatable bonds is 5. The van der Waals surface area contributed by atoms with E-state index in [0.717, 1.165) is 5.52 Å². The number of nitrogens with zero attached hydrogens (tertiary/aromatic N) is 2. The lowest BCUT2D eigenvalue weighted by Gasteiger charge is -2.11. The van der Waals surface area contributed by atoms with Gasteiger partial charge in [0.2, 0.25) is 0 Å². The molecular formula is C18H23FN4O2. The van der Waals surface area contributed by atoms with Gasteiger partial charge in [-0.2, -0.15) is 5.10 Å². The van der Waals surface area contributed by atoms with Gasteiger partial charge >= 0.3 is 0 Å². The first kappa shape index (κ1) is 17.4. The summed E-state index contributed by atoms with van der Waals surface area (Å²) >= 11 is 0. The molecule has 2 aromatic rings. The molecule has 0 saturated carbocycles. The van der Waals surface area contributed by atoms with Crippen LogP contribution >= 0.6 is 0 Å². The summed E-state index contributed by atoms with van der Waals surface area (Å²) in [6, 6.07) is 4.45. The van der Waals surface area contributed by atoms with Gasteiger partial charge in [0.25, 0.3) is 5.91 Å². The monoisotopic (exact) mass is 346 g/mol. The highest BCUT2D eigenvalue weighted by molar-refractivity contribution is 6.05. The van der Waals surface area contributed by atoms with Crippen LogP contribution in [0.15, 0.2) is 30.5 Å². The highest BCUT2D eigenvalue weighted by Gasteiger charge is 2.28. The van der Waals surface area contributed by atoms with Crippen LogP contribution in [0.3, 0.4) is 0 Å². The van der Waals surface area contributed by atoms with Gasteiger partial charge in [-0.3, -0.25) is 9.48 Å². The standard InChI is InChI=1S/C18H23FN4O2/c1-10(2)23-16-5-4-12(19)7-15(16)17(22-23)18(25)21-14-8-13(20-9-14)6-11(3)24/h4-5,7,10,13-14,20,24H,3,6,8-9H2,1-2H3,(H,21,25)/t13-,14+/m1/s1. The molecule has 1 amide bonds. The molecule has 0 aliphatic carbocycles. The third kappa shape index (κ3) is 3.66. The number of hydrogen-bond donors (Lipinski definition) is 3. The minimum atomic E-state index is -0.395. The summed E-state index contributed by atoms with van der Waals surface area (Å²) in [5.74, 6) is -0.583. The summed E-state index contributed by atoms with van der Waals surface area (Å²) in [6.07, 6.45) is 1.16. The average molecular weight is 346 g/mol. The van der Waals surface area contributed by atoms with Gasteiger partial charge < -0.3 is 15.7 Å². The third-order valence-corrected chi connectivity index (χ3v) is 4.41. The predicted octanol–water partition coefficient (Wildman–Crippen LogP) is 2.68. The molecule has 1 saturated heterocycles. The first-order valence-electron chi connectivity index (χ1n) is 8.44. The molecule has 2 atom stereocenters. The number of amides is 1. The van der Waals surface area contributed by atoms with Gasteiger partial charge in [-0.1, -0.05) is 6.58 Å². The molecule has 2 heterocycles. The lowest BCUT2D eigenvalue weighted by atomic mass is 10.1. The van der Waals surface area contributed by atoms with Crippen LogP contribution in [0, 0.1) is 5.82 Å². The van der Waals surface area contributed by atoms with E-state index in [1.807, 2.05) is 13.8 Å². The molecule has 1 aromatic carbocycles. The second-order valence-corrected chi connectivity index (χ2v) is 6.83. The van der Waals surface area contributed by atoms with Crippen molar-refractivity contribution < 1.29 is 14.3 Å². The average Bonchev–Trinajstić information content (AvgIpc) is 3.10. The first-order valence-corrected chi connectivity index (χ1v) is 8.44. The van der Waals surface area contributed by atoms with Gasteiger partial charge in [0.15, 0.2) is 5.69 Å². The molecule has 25 heavy (non-hydrogen) atoms. The van der Waals surface area contributed by atoms with Gasteiger partial charge in [-0.25, -0.2) is 4.39 Å². The summed E-state index contributed by atoms with van der Waals surface area (Å²) < 4.78 is 15.4. The lowest BCUT2D eigenvalue weighted by molar-refractivity contribution is 0.0935. The number of halogens is 1. The molecule has 0 radical (unpaired) electrons. The Bertz CT molecular complexity index is 815. The second-order valence-electron chi connectivity index (χ2n) is 6.83. The van der Waals surface area contributed by atoms with E-state index < -0.39 is 5.82 Å². The fourth-order valence-corrected chi connectivity index (χ4v) is 3.30. The molecule has 1 aliphatic heterocycles. The fraction of sp³-hybridized carbons (Fsp3) is 0.444. The van der Waals surface area contributed by atoms with E-state index >= 15 is 0 Å². The summed E-state index contributed by atoms with van der Waals surface area (Å²) in [6.45, 7) is 8.03. The summed E-state index contributed by atoms with van der Waals surface area (Å²) in [5, 5.41) is 20.4.